The van der Waals surface area contributed by atoms with Crippen LogP contribution in [0.3, 0.4) is 0 Å². The molecule has 9 rings (SSSR count). The molecule has 0 radical (unpaired) electrons. The van der Waals surface area contributed by atoms with Gasteiger partial charge in [-0.05, 0) is 123 Å². The highest BCUT2D eigenvalue weighted by atomic mass is 16.7. The molecular formula is C37H57NO7. The predicted molar refractivity (Wildman–Crippen MR) is 166 cm³/mol. The molecule has 2 spiro atoms. The summed E-state index contributed by atoms with van der Waals surface area (Å²) in [6, 6.07) is 0.545. The number of cyclic esters (lactones) is 1. The molecule has 0 aromatic carbocycles. The molecule has 0 aromatic rings. The first-order chi connectivity index (χ1) is 21.5. The number of fused-ring (bicyclic) bond motifs is 4. The first-order valence-corrected chi connectivity index (χ1v) is 18.5. The minimum absolute atomic E-state index is 0.00780. The lowest BCUT2D eigenvalue weighted by Crippen LogP contribution is -2.58. The van der Waals surface area contributed by atoms with Crippen LogP contribution < -0.4 is 0 Å². The van der Waals surface area contributed by atoms with Crippen LogP contribution in [0.1, 0.15) is 98.8 Å². The Labute approximate surface area is 269 Å². The fraction of sp³-hybridized carbons (Fsp3) is 0.973. The largest absolute Gasteiger partial charge is 0.455 e. The van der Waals surface area contributed by atoms with Gasteiger partial charge in [0, 0.05) is 6.54 Å². The number of hydrogen-bond donors (Lipinski definition) is 0. The van der Waals surface area contributed by atoms with Crippen molar-refractivity contribution < 1.29 is 33.2 Å². The number of esters is 1. The Morgan fingerprint density at radius 2 is 1.67 bits per heavy atom. The van der Waals surface area contributed by atoms with Crippen LogP contribution in [-0.2, 0) is 33.2 Å². The molecule has 4 heterocycles. The van der Waals surface area contributed by atoms with Crippen molar-refractivity contribution in [3.05, 3.63) is 0 Å². The van der Waals surface area contributed by atoms with Crippen molar-refractivity contribution in [2.45, 2.75) is 141 Å². The molecule has 9 fully saturated rings. The summed E-state index contributed by atoms with van der Waals surface area (Å²) in [5.74, 6) is 2.70. The Kier molecular flexibility index (Phi) is 6.82. The maximum Gasteiger partial charge on any atom is 0.332 e. The molecule has 0 aromatic heterocycles. The number of hydrogen-bond acceptors (Lipinski definition) is 8. The van der Waals surface area contributed by atoms with E-state index in [4.69, 9.17) is 28.4 Å². The van der Waals surface area contributed by atoms with Gasteiger partial charge in [-0.15, -0.1) is 0 Å². The lowest BCUT2D eigenvalue weighted by molar-refractivity contribution is -0.253. The van der Waals surface area contributed by atoms with Crippen LogP contribution in [0.15, 0.2) is 0 Å². The van der Waals surface area contributed by atoms with E-state index in [2.05, 4.69) is 25.7 Å². The standard InChI is InChI=1S/C37H57NO7/c1-33(2)28-9-7-23-25-16-27-24(6-8-26(43-27)32-34(3,4)45-30(39)20-42-32)35(25,5)12-13-36(23)21-37(28,36)11-10-29(33)44-31-17-38(14-15-41-31)22-18-40-19-22/h22-29,31-32H,6-21H2,1-5H3/t23?,24?,25?,26?,27?,28?,29-,31?,32-,35?,36-,37?/m0/s1. The molecule has 4 aliphatic heterocycles. The van der Waals surface area contributed by atoms with Gasteiger partial charge in [-0.25, -0.2) is 4.79 Å². The van der Waals surface area contributed by atoms with Crippen molar-refractivity contribution in [2.24, 2.45) is 45.3 Å². The summed E-state index contributed by atoms with van der Waals surface area (Å²) in [5, 5.41) is 0. The Bertz CT molecular complexity index is 1200. The second-order valence-corrected chi connectivity index (χ2v) is 18.3. The van der Waals surface area contributed by atoms with Crippen molar-refractivity contribution in [3.63, 3.8) is 0 Å². The van der Waals surface area contributed by atoms with Gasteiger partial charge >= 0.3 is 5.97 Å². The normalized spacial score (nSPS) is 53.5. The second-order valence-electron chi connectivity index (χ2n) is 18.3. The van der Waals surface area contributed by atoms with Crippen LogP contribution in [0.5, 0.6) is 0 Å². The highest BCUT2D eigenvalue weighted by molar-refractivity contribution is 5.72. The molecule has 8 heteroatoms. The molecule has 9 aliphatic rings. The maximum absolute atomic E-state index is 12.0. The van der Waals surface area contributed by atoms with Crippen LogP contribution in [0.4, 0.5) is 0 Å². The second kappa shape index (κ2) is 10.1. The molecule has 45 heavy (non-hydrogen) atoms. The van der Waals surface area contributed by atoms with E-state index in [0.29, 0.717) is 34.3 Å². The third kappa shape index (κ3) is 4.27. The predicted octanol–water partition coefficient (Wildman–Crippen LogP) is 5.36. The van der Waals surface area contributed by atoms with Crippen LogP contribution in [0, 0.1) is 45.3 Å². The molecule has 12 atom stereocenters. The maximum atomic E-state index is 12.0. The molecule has 0 bridgehead atoms. The lowest BCUT2D eigenvalue weighted by atomic mass is 9.46. The Morgan fingerprint density at radius 1 is 0.844 bits per heavy atom. The molecule has 0 N–H and O–H groups in total. The quantitative estimate of drug-likeness (QED) is 0.386. The van der Waals surface area contributed by atoms with E-state index >= 15 is 0 Å². The SMILES string of the molecule is CC12CC[C@@]34CC35CC[C@H](OC3CN(C6COC6)CCO3)C(C)(C)C5CCC4C1CC1OC([C@@H]3OCC(=O)OC3(C)C)CCC12. The van der Waals surface area contributed by atoms with Crippen LogP contribution in [-0.4, -0.2) is 92.7 Å². The summed E-state index contributed by atoms with van der Waals surface area (Å²) >= 11 is 0. The van der Waals surface area contributed by atoms with Gasteiger partial charge in [-0.2, -0.15) is 0 Å². The molecule has 8 nitrogen and oxygen atoms in total. The van der Waals surface area contributed by atoms with Gasteiger partial charge in [0.2, 0.25) is 0 Å². The molecule has 5 aliphatic carbocycles. The Balaban J connectivity index is 0.896. The van der Waals surface area contributed by atoms with Gasteiger partial charge in [0.05, 0.1) is 50.7 Å². The summed E-state index contributed by atoms with van der Waals surface area (Å²) in [7, 11) is 0. The Morgan fingerprint density at radius 3 is 2.44 bits per heavy atom. The number of ether oxygens (including phenoxy) is 6. The van der Waals surface area contributed by atoms with E-state index < -0.39 is 5.60 Å². The zero-order valence-corrected chi connectivity index (χ0v) is 28.4. The number of carbonyl (C=O) groups is 1. The van der Waals surface area contributed by atoms with Gasteiger partial charge in [-0.3, -0.25) is 4.90 Å². The molecule has 0 amide bonds. The van der Waals surface area contributed by atoms with Crippen LogP contribution in [0.2, 0.25) is 0 Å². The van der Waals surface area contributed by atoms with E-state index in [-0.39, 0.29) is 42.6 Å². The van der Waals surface area contributed by atoms with Gasteiger partial charge in [0.25, 0.3) is 0 Å². The zero-order valence-electron chi connectivity index (χ0n) is 28.4. The summed E-state index contributed by atoms with van der Waals surface area (Å²) in [4.78, 5) is 14.5. The lowest BCUT2D eigenvalue weighted by Gasteiger charge is -2.60. The highest BCUT2D eigenvalue weighted by Crippen LogP contribution is 2.87. The number of morpholine rings is 1. The fourth-order valence-electron chi connectivity index (χ4n) is 13.7. The summed E-state index contributed by atoms with van der Waals surface area (Å²) < 4.78 is 37.4. The molecule has 5 saturated carbocycles. The first kappa shape index (κ1) is 30.3. The van der Waals surface area contributed by atoms with Crippen molar-refractivity contribution in [3.8, 4) is 0 Å². The number of rotatable bonds is 4. The zero-order chi connectivity index (χ0) is 31.0. The van der Waals surface area contributed by atoms with Crippen LogP contribution in [0.25, 0.3) is 0 Å². The van der Waals surface area contributed by atoms with Crippen molar-refractivity contribution >= 4 is 5.97 Å². The smallest absolute Gasteiger partial charge is 0.332 e. The number of nitrogens with zero attached hydrogens (tertiary/aromatic N) is 1. The average Bonchev–Trinajstić information content (AvgIpc) is 3.53. The number of carbonyl (C=O) groups excluding carboxylic acids is 1. The molecule has 4 saturated heterocycles. The van der Waals surface area contributed by atoms with Crippen molar-refractivity contribution in [2.75, 3.05) is 39.5 Å². The Hall–Kier alpha value is -0.770. The minimum Gasteiger partial charge on any atom is -0.455 e. The molecule has 252 valence electrons. The van der Waals surface area contributed by atoms with Crippen molar-refractivity contribution in [1.82, 2.24) is 4.90 Å². The van der Waals surface area contributed by atoms with E-state index in [1.807, 2.05) is 13.8 Å². The summed E-state index contributed by atoms with van der Waals surface area (Å²) in [6.07, 6.45) is 13.1. The van der Waals surface area contributed by atoms with Crippen LogP contribution >= 0.6 is 0 Å². The van der Waals surface area contributed by atoms with E-state index in [1.165, 1.54) is 57.8 Å². The summed E-state index contributed by atoms with van der Waals surface area (Å²) in [6.45, 7) is 16.1. The van der Waals surface area contributed by atoms with Gasteiger partial charge in [0.1, 0.15) is 18.3 Å². The summed E-state index contributed by atoms with van der Waals surface area (Å²) in [5.41, 5.74) is 0.928. The minimum atomic E-state index is -0.645. The topological polar surface area (TPSA) is 75.7 Å². The van der Waals surface area contributed by atoms with Gasteiger partial charge in [0.15, 0.2) is 6.29 Å². The van der Waals surface area contributed by atoms with Gasteiger partial charge in [-0.1, -0.05) is 20.8 Å². The molecular weight excluding hydrogens is 570 g/mol. The molecule has 9 unspecified atom stereocenters. The third-order valence-corrected chi connectivity index (χ3v) is 15.9. The average molecular weight is 628 g/mol. The fourth-order valence-corrected chi connectivity index (χ4v) is 13.7. The first-order valence-electron chi connectivity index (χ1n) is 18.5. The van der Waals surface area contributed by atoms with E-state index in [0.717, 1.165) is 57.1 Å². The third-order valence-electron chi connectivity index (χ3n) is 15.9. The van der Waals surface area contributed by atoms with E-state index in [9.17, 15) is 4.79 Å². The van der Waals surface area contributed by atoms with Crippen molar-refractivity contribution in [1.29, 1.82) is 0 Å². The van der Waals surface area contributed by atoms with E-state index in [1.54, 1.807) is 0 Å². The monoisotopic (exact) mass is 627 g/mol. The highest BCUT2D eigenvalue weighted by Gasteiger charge is 2.80. The van der Waals surface area contributed by atoms with Gasteiger partial charge < -0.3 is 28.4 Å².